The Labute approximate surface area is 110 Å². The lowest BCUT2D eigenvalue weighted by atomic mass is 10.2. The van der Waals surface area contributed by atoms with E-state index in [1.54, 1.807) is 24.5 Å². The average Bonchev–Trinajstić information content (AvgIpc) is 2.78. The van der Waals surface area contributed by atoms with Crippen molar-refractivity contribution in [3.8, 4) is 5.75 Å². The monoisotopic (exact) mass is 265 g/mol. The number of nitrogens with one attached hydrogen (secondary N) is 1. The molecule has 1 N–H and O–H groups in total. The van der Waals surface area contributed by atoms with Gasteiger partial charge in [0.2, 0.25) is 0 Å². The first kappa shape index (κ1) is 12.9. The molecule has 1 atom stereocenters. The number of ether oxygens (including phenoxy) is 1. The zero-order chi connectivity index (χ0) is 13.1. The number of hydrogen-bond acceptors (Lipinski definition) is 3. The van der Waals surface area contributed by atoms with Gasteiger partial charge in [0.1, 0.15) is 11.6 Å². The third kappa shape index (κ3) is 2.82. The molecule has 0 aliphatic heterocycles. The molecule has 0 fully saturated rings. The van der Waals surface area contributed by atoms with Crippen LogP contribution in [0.25, 0.3) is 0 Å². The van der Waals surface area contributed by atoms with Gasteiger partial charge in [-0.3, -0.25) is 0 Å². The lowest BCUT2D eigenvalue weighted by Crippen LogP contribution is -2.06. The molecular formula is C14H16FNOS. The Balaban J connectivity index is 2.18. The summed E-state index contributed by atoms with van der Waals surface area (Å²) < 4.78 is 18.3. The van der Waals surface area contributed by atoms with Gasteiger partial charge in [-0.25, -0.2) is 4.39 Å². The number of aryl methyl sites for hydroxylation is 1. The van der Waals surface area contributed by atoms with Crippen molar-refractivity contribution in [2.75, 3.05) is 12.4 Å². The van der Waals surface area contributed by atoms with Crippen LogP contribution in [-0.2, 0) is 0 Å². The molecule has 1 unspecified atom stereocenters. The molecule has 0 aliphatic rings. The summed E-state index contributed by atoms with van der Waals surface area (Å²) in [6, 6.07) is 8.88. The van der Waals surface area contributed by atoms with E-state index in [-0.39, 0.29) is 11.9 Å². The number of rotatable bonds is 4. The molecule has 0 bridgehead atoms. The minimum atomic E-state index is -0.294. The van der Waals surface area contributed by atoms with Crippen molar-refractivity contribution in [2.24, 2.45) is 0 Å². The Morgan fingerprint density at radius 1 is 1.28 bits per heavy atom. The van der Waals surface area contributed by atoms with Crippen LogP contribution in [0.4, 0.5) is 10.1 Å². The molecule has 0 saturated heterocycles. The zero-order valence-corrected chi connectivity index (χ0v) is 11.5. The van der Waals surface area contributed by atoms with Gasteiger partial charge < -0.3 is 10.1 Å². The van der Waals surface area contributed by atoms with Crippen molar-refractivity contribution < 1.29 is 9.13 Å². The molecule has 0 saturated carbocycles. The van der Waals surface area contributed by atoms with E-state index in [2.05, 4.69) is 31.3 Å². The lowest BCUT2D eigenvalue weighted by molar-refractivity contribution is 0.412. The molecule has 18 heavy (non-hydrogen) atoms. The predicted molar refractivity (Wildman–Crippen MR) is 74.0 cm³/mol. The summed E-state index contributed by atoms with van der Waals surface area (Å²) in [6.45, 7) is 4.16. The van der Waals surface area contributed by atoms with Gasteiger partial charge in [-0.05, 0) is 38.1 Å². The van der Waals surface area contributed by atoms with Gasteiger partial charge in [-0.1, -0.05) is 0 Å². The van der Waals surface area contributed by atoms with Crippen molar-refractivity contribution in [2.45, 2.75) is 19.9 Å². The maximum Gasteiger partial charge on any atom is 0.144 e. The minimum Gasteiger partial charge on any atom is -0.494 e. The molecule has 4 heteroatoms. The molecule has 96 valence electrons. The first-order chi connectivity index (χ1) is 8.60. The highest BCUT2D eigenvalue weighted by Gasteiger charge is 2.11. The smallest absolute Gasteiger partial charge is 0.144 e. The number of anilines is 1. The van der Waals surface area contributed by atoms with Crippen LogP contribution in [0.5, 0.6) is 5.75 Å². The topological polar surface area (TPSA) is 21.3 Å². The molecule has 0 spiro atoms. The van der Waals surface area contributed by atoms with Crippen molar-refractivity contribution in [1.29, 1.82) is 0 Å². The highest BCUT2D eigenvalue weighted by atomic mass is 32.1. The average molecular weight is 265 g/mol. The van der Waals surface area contributed by atoms with Gasteiger partial charge in [-0.15, -0.1) is 11.3 Å². The fourth-order valence-electron chi connectivity index (χ4n) is 1.77. The Morgan fingerprint density at radius 3 is 2.67 bits per heavy atom. The van der Waals surface area contributed by atoms with Crippen LogP contribution in [0.1, 0.15) is 22.7 Å². The molecular weight excluding hydrogens is 249 g/mol. The SMILES string of the molecule is COc1cc(F)ccc1NC(C)c1ccc(C)s1. The normalized spacial score (nSPS) is 12.2. The van der Waals surface area contributed by atoms with E-state index in [0.29, 0.717) is 5.75 Å². The molecule has 0 amide bonds. The van der Waals surface area contributed by atoms with E-state index in [1.807, 2.05) is 0 Å². The number of halogens is 1. The van der Waals surface area contributed by atoms with Gasteiger partial charge in [0.15, 0.2) is 0 Å². The van der Waals surface area contributed by atoms with Gasteiger partial charge in [0.25, 0.3) is 0 Å². The van der Waals surface area contributed by atoms with E-state index >= 15 is 0 Å². The summed E-state index contributed by atoms with van der Waals surface area (Å²) in [6.07, 6.45) is 0. The van der Waals surface area contributed by atoms with E-state index in [4.69, 9.17) is 4.74 Å². The zero-order valence-electron chi connectivity index (χ0n) is 10.7. The molecule has 1 aromatic carbocycles. The first-order valence-corrected chi connectivity index (χ1v) is 6.58. The van der Waals surface area contributed by atoms with Crippen molar-refractivity contribution >= 4 is 17.0 Å². The molecule has 0 radical (unpaired) electrons. The summed E-state index contributed by atoms with van der Waals surface area (Å²) in [7, 11) is 1.54. The molecule has 1 heterocycles. The van der Waals surface area contributed by atoms with Crippen LogP contribution < -0.4 is 10.1 Å². The predicted octanol–water partition coefficient (Wildman–Crippen LogP) is 4.38. The van der Waals surface area contributed by atoms with Crippen LogP contribution in [0.2, 0.25) is 0 Å². The second kappa shape index (κ2) is 5.40. The molecule has 0 aliphatic carbocycles. The second-order valence-corrected chi connectivity index (χ2v) is 5.48. The second-order valence-electron chi connectivity index (χ2n) is 4.16. The van der Waals surface area contributed by atoms with Crippen molar-refractivity contribution in [3.63, 3.8) is 0 Å². The fourth-order valence-corrected chi connectivity index (χ4v) is 2.65. The summed E-state index contributed by atoms with van der Waals surface area (Å²) in [5.41, 5.74) is 0.803. The third-order valence-electron chi connectivity index (χ3n) is 2.72. The van der Waals surface area contributed by atoms with E-state index < -0.39 is 0 Å². The highest BCUT2D eigenvalue weighted by Crippen LogP contribution is 2.31. The third-order valence-corrected chi connectivity index (χ3v) is 3.91. The number of thiophene rings is 1. The first-order valence-electron chi connectivity index (χ1n) is 5.76. The Kier molecular flexibility index (Phi) is 3.87. The summed E-state index contributed by atoms with van der Waals surface area (Å²) in [5.74, 6) is 0.229. The summed E-state index contributed by atoms with van der Waals surface area (Å²) in [5, 5.41) is 3.34. The largest absolute Gasteiger partial charge is 0.494 e. The van der Waals surface area contributed by atoms with Gasteiger partial charge in [-0.2, -0.15) is 0 Å². The van der Waals surface area contributed by atoms with E-state index in [1.165, 1.54) is 21.9 Å². The quantitative estimate of drug-likeness (QED) is 0.886. The van der Waals surface area contributed by atoms with Crippen LogP contribution in [0.15, 0.2) is 30.3 Å². The van der Waals surface area contributed by atoms with Crippen molar-refractivity contribution in [3.05, 3.63) is 45.9 Å². The lowest BCUT2D eigenvalue weighted by Gasteiger charge is -2.16. The highest BCUT2D eigenvalue weighted by molar-refractivity contribution is 7.12. The summed E-state index contributed by atoms with van der Waals surface area (Å²) >= 11 is 1.75. The maximum absolute atomic E-state index is 13.1. The summed E-state index contributed by atoms with van der Waals surface area (Å²) in [4.78, 5) is 2.53. The standard InChI is InChI=1S/C14H16FNOS/c1-9-4-7-14(18-9)10(2)16-12-6-5-11(15)8-13(12)17-3/h4-8,10,16H,1-3H3. The van der Waals surface area contributed by atoms with Crippen LogP contribution >= 0.6 is 11.3 Å². The molecule has 2 aromatic rings. The molecule has 2 rings (SSSR count). The molecule has 1 aromatic heterocycles. The van der Waals surface area contributed by atoms with E-state index in [9.17, 15) is 4.39 Å². The van der Waals surface area contributed by atoms with E-state index in [0.717, 1.165) is 5.69 Å². The van der Waals surface area contributed by atoms with Gasteiger partial charge >= 0.3 is 0 Å². The van der Waals surface area contributed by atoms with Crippen LogP contribution in [0, 0.1) is 12.7 Å². The maximum atomic E-state index is 13.1. The Hall–Kier alpha value is -1.55. The Bertz CT molecular complexity index is 538. The Morgan fingerprint density at radius 2 is 2.06 bits per heavy atom. The number of benzene rings is 1. The van der Waals surface area contributed by atoms with Crippen LogP contribution in [-0.4, -0.2) is 7.11 Å². The fraction of sp³-hybridized carbons (Fsp3) is 0.286. The van der Waals surface area contributed by atoms with Crippen LogP contribution in [0.3, 0.4) is 0 Å². The number of methoxy groups -OCH3 is 1. The van der Waals surface area contributed by atoms with Gasteiger partial charge in [0.05, 0.1) is 18.8 Å². The van der Waals surface area contributed by atoms with Gasteiger partial charge in [0, 0.05) is 15.8 Å². The number of hydrogen-bond donors (Lipinski definition) is 1. The minimum absolute atomic E-state index is 0.170. The van der Waals surface area contributed by atoms with Crippen molar-refractivity contribution in [1.82, 2.24) is 0 Å². The molecule has 2 nitrogen and oxygen atoms in total.